The van der Waals surface area contributed by atoms with E-state index in [1.54, 1.807) is 24.9 Å². The van der Waals surface area contributed by atoms with Crippen molar-refractivity contribution in [1.82, 2.24) is 20.7 Å². The number of H-pyrrole nitrogens is 1. The van der Waals surface area contributed by atoms with Crippen molar-refractivity contribution >= 4 is 17.5 Å². The number of carbonyl (C=O) groups excluding carboxylic acids is 2. The van der Waals surface area contributed by atoms with Crippen LogP contribution in [0.2, 0.25) is 0 Å². The number of fused-ring (bicyclic) bond motifs is 1. The number of anilines is 1. The van der Waals surface area contributed by atoms with Crippen LogP contribution in [-0.2, 0) is 22.6 Å². The third kappa shape index (κ3) is 5.65. The quantitative estimate of drug-likeness (QED) is 0.345. The van der Waals surface area contributed by atoms with E-state index >= 15 is 0 Å². The predicted molar refractivity (Wildman–Crippen MR) is 148 cm³/mol. The van der Waals surface area contributed by atoms with E-state index in [0.717, 1.165) is 39.2 Å². The number of amides is 2. The molecule has 194 valence electrons. The van der Waals surface area contributed by atoms with Crippen LogP contribution in [-0.4, -0.2) is 38.8 Å². The molecule has 0 saturated carbocycles. The van der Waals surface area contributed by atoms with E-state index < -0.39 is 11.6 Å². The monoisotopic (exact) mass is 508 g/mol. The zero-order valence-electron chi connectivity index (χ0n) is 21.6. The molecular weight excluding hydrogens is 476 g/mol. The van der Waals surface area contributed by atoms with Crippen LogP contribution in [0.1, 0.15) is 37.8 Å². The number of nitrogens with zero attached hydrogens (tertiary/aromatic N) is 3. The first-order chi connectivity index (χ1) is 18.3. The molecule has 4 aromatic rings. The summed E-state index contributed by atoms with van der Waals surface area (Å²) >= 11 is 0. The van der Waals surface area contributed by atoms with Crippen molar-refractivity contribution in [2.24, 2.45) is 5.73 Å². The molecule has 1 aliphatic heterocycles. The Morgan fingerprint density at radius 3 is 2.47 bits per heavy atom. The molecule has 1 aromatic heterocycles. The van der Waals surface area contributed by atoms with Gasteiger partial charge in [0.2, 0.25) is 11.8 Å². The summed E-state index contributed by atoms with van der Waals surface area (Å²) < 4.78 is 0. The molecule has 0 spiro atoms. The number of carbonyl (C=O) groups is 2. The molecule has 1 atom stereocenters. The number of benzene rings is 3. The van der Waals surface area contributed by atoms with Crippen LogP contribution in [0.5, 0.6) is 0 Å². The second kappa shape index (κ2) is 10.6. The number of hydrogen-bond donors (Lipinski definition) is 3. The molecule has 38 heavy (non-hydrogen) atoms. The summed E-state index contributed by atoms with van der Waals surface area (Å²) in [6, 6.07) is 23.6. The van der Waals surface area contributed by atoms with Crippen molar-refractivity contribution < 1.29 is 9.59 Å². The SMILES string of the molecule is CC(C)(N)CC(=O)N[C@@H]1CCc2ccccc2N(Cc2ccc(-c3ccccc3-c3cn[nH]n3)cc2)C1=O. The van der Waals surface area contributed by atoms with Crippen molar-refractivity contribution in [2.45, 2.75) is 51.2 Å². The van der Waals surface area contributed by atoms with Crippen molar-refractivity contribution in [2.75, 3.05) is 4.90 Å². The number of aromatic nitrogens is 3. The predicted octanol–water partition coefficient (Wildman–Crippen LogP) is 4.23. The highest BCUT2D eigenvalue weighted by molar-refractivity contribution is 6.00. The first-order valence-corrected chi connectivity index (χ1v) is 12.8. The lowest BCUT2D eigenvalue weighted by atomic mass is 9.97. The van der Waals surface area contributed by atoms with E-state index in [1.165, 1.54) is 0 Å². The number of rotatable bonds is 7. The van der Waals surface area contributed by atoms with E-state index in [4.69, 9.17) is 5.73 Å². The average molecular weight is 509 g/mol. The molecule has 0 bridgehead atoms. The summed E-state index contributed by atoms with van der Waals surface area (Å²) in [5.74, 6) is -0.324. The summed E-state index contributed by atoms with van der Waals surface area (Å²) in [7, 11) is 0. The first kappa shape index (κ1) is 25.4. The Hall–Kier alpha value is -4.30. The highest BCUT2D eigenvalue weighted by atomic mass is 16.2. The molecule has 8 nitrogen and oxygen atoms in total. The Kier molecular flexibility index (Phi) is 7.07. The minimum Gasteiger partial charge on any atom is -0.344 e. The van der Waals surface area contributed by atoms with Gasteiger partial charge in [0.25, 0.3) is 0 Å². The molecule has 2 heterocycles. The number of nitrogens with two attached hydrogens (primary N) is 1. The molecule has 0 saturated heterocycles. The lowest BCUT2D eigenvalue weighted by molar-refractivity contribution is -0.128. The molecule has 8 heteroatoms. The number of para-hydroxylation sites is 1. The van der Waals surface area contributed by atoms with Crippen molar-refractivity contribution in [3.05, 3.63) is 90.1 Å². The molecule has 0 aliphatic carbocycles. The average Bonchev–Trinajstić information content (AvgIpc) is 3.40. The van der Waals surface area contributed by atoms with Gasteiger partial charge in [-0.3, -0.25) is 9.59 Å². The van der Waals surface area contributed by atoms with E-state index in [0.29, 0.717) is 19.4 Å². The highest BCUT2D eigenvalue weighted by Crippen LogP contribution is 2.32. The zero-order valence-corrected chi connectivity index (χ0v) is 21.6. The third-order valence-electron chi connectivity index (χ3n) is 6.72. The van der Waals surface area contributed by atoms with E-state index in [2.05, 4.69) is 38.9 Å². The third-order valence-corrected chi connectivity index (χ3v) is 6.72. The molecule has 3 aromatic carbocycles. The van der Waals surface area contributed by atoms with Gasteiger partial charge in [0, 0.05) is 23.2 Å². The molecule has 2 amide bonds. The van der Waals surface area contributed by atoms with Gasteiger partial charge < -0.3 is 16.0 Å². The maximum atomic E-state index is 13.7. The number of aryl methyl sites for hydroxylation is 1. The fourth-order valence-electron chi connectivity index (χ4n) is 4.93. The van der Waals surface area contributed by atoms with Gasteiger partial charge in [0.15, 0.2) is 0 Å². The van der Waals surface area contributed by atoms with Gasteiger partial charge in [-0.1, -0.05) is 66.7 Å². The van der Waals surface area contributed by atoms with Gasteiger partial charge >= 0.3 is 0 Å². The zero-order chi connectivity index (χ0) is 26.7. The van der Waals surface area contributed by atoms with Gasteiger partial charge in [-0.05, 0) is 55.0 Å². The highest BCUT2D eigenvalue weighted by Gasteiger charge is 2.32. The van der Waals surface area contributed by atoms with Crippen LogP contribution in [0.15, 0.2) is 79.0 Å². The molecule has 5 rings (SSSR count). The minimum atomic E-state index is -0.644. The second-order valence-corrected chi connectivity index (χ2v) is 10.5. The first-order valence-electron chi connectivity index (χ1n) is 12.8. The summed E-state index contributed by atoms with van der Waals surface area (Å²) in [6.45, 7) is 4.00. The van der Waals surface area contributed by atoms with Gasteiger partial charge in [0.05, 0.1) is 12.7 Å². The van der Waals surface area contributed by atoms with Crippen LogP contribution in [0, 0.1) is 0 Å². The molecule has 0 fully saturated rings. The Labute approximate surface area is 222 Å². The smallest absolute Gasteiger partial charge is 0.249 e. The minimum absolute atomic E-state index is 0.112. The molecular formula is C30H32N6O2. The van der Waals surface area contributed by atoms with Gasteiger partial charge in [-0.2, -0.15) is 15.4 Å². The Balaban J connectivity index is 1.40. The van der Waals surface area contributed by atoms with Gasteiger partial charge in [-0.15, -0.1) is 0 Å². The largest absolute Gasteiger partial charge is 0.344 e. The van der Waals surface area contributed by atoms with E-state index in [1.807, 2.05) is 54.6 Å². The Morgan fingerprint density at radius 2 is 1.76 bits per heavy atom. The maximum absolute atomic E-state index is 13.7. The normalized spacial score (nSPS) is 15.6. The van der Waals surface area contributed by atoms with Crippen LogP contribution in [0.4, 0.5) is 5.69 Å². The summed E-state index contributed by atoms with van der Waals surface area (Å²) in [6.07, 6.45) is 3.11. The summed E-state index contributed by atoms with van der Waals surface area (Å²) in [5, 5.41) is 13.8. The van der Waals surface area contributed by atoms with Crippen LogP contribution >= 0.6 is 0 Å². The van der Waals surface area contributed by atoms with E-state index in [-0.39, 0.29) is 18.2 Å². The van der Waals surface area contributed by atoms with Crippen LogP contribution in [0.25, 0.3) is 22.4 Å². The lowest BCUT2D eigenvalue weighted by Gasteiger charge is -2.27. The number of hydrogen-bond acceptors (Lipinski definition) is 5. The molecule has 0 unspecified atom stereocenters. The molecule has 1 aliphatic rings. The van der Waals surface area contributed by atoms with Crippen molar-refractivity contribution in [1.29, 1.82) is 0 Å². The Bertz CT molecular complexity index is 1420. The topological polar surface area (TPSA) is 117 Å². The standard InChI is InChI=1S/C30H32N6O2/c1-30(2,31)17-28(37)33-25-16-15-22-7-3-6-10-27(22)36(29(25)38)19-20-11-13-21(14-12-20)23-8-4-5-9-24(23)26-18-32-35-34-26/h3-14,18,25H,15-17,19,31H2,1-2H3,(H,33,37)(H,32,34,35)/t25-/m1/s1. The maximum Gasteiger partial charge on any atom is 0.249 e. The number of nitrogens with one attached hydrogen (secondary N) is 2. The summed E-state index contributed by atoms with van der Waals surface area (Å²) in [5.41, 5.74) is 12.2. The summed E-state index contributed by atoms with van der Waals surface area (Å²) in [4.78, 5) is 28.2. The molecule has 4 N–H and O–H groups in total. The fourth-order valence-corrected chi connectivity index (χ4v) is 4.93. The second-order valence-electron chi connectivity index (χ2n) is 10.5. The van der Waals surface area contributed by atoms with E-state index in [9.17, 15) is 9.59 Å². The van der Waals surface area contributed by atoms with Gasteiger partial charge in [-0.25, -0.2) is 0 Å². The van der Waals surface area contributed by atoms with Crippen LogP contribution < -0.4 is 16.0 Å². The van der Waals surface area contributed by atoms with Crippen LogP contribution in [0.3, 0.4) is 0 Å². The van der Waals surface area contributed by atoms with Crippen molar-refractivity contribution in [3.63, 3.8) is 0 Å². The molecule has 0 radical (unpaired) electrons. The van der Waals surface area contributed by atoms with Gasteiger partial charge in [0.1, 0.15) is 11.7 Å². The fraction of sp³-hybridized carbons (Fsp3) is 0.267. The lowest BCUT2D eigenvalue weighted by Crippen LogP contribution is -2.49. The van der Waals surface area contributed by atoms with Crippen molar-refractivity contribution in [3.8, 4) is 22.4 Å². The number of aromatic amines is 1. The Morgan fingerprint density at radius 1 is 1.05 bits per heavy atom.